The first-order chi connectivity index (χ1) is 13.9. The second-order valence-corrected chi connectivity index (χ2v) is 9.14. The van der Waals surface area contributed by atoms with Gasteiger partial charge in [-0.05, 0) is 43.5 Å². The van der Waals surface area contributed by atoms with Crippen LogP contribution in [0, 0.1) is 13.8 Å². The maximum atomic E-state index is 12.4. The Kier molecular flexibility index (Phi) is 6.87. The summed E-state index contributed by atoms with van der Waals surface area (Å²) in [7, 11) is -3.54. The van der Waals surface area contributed by atoms with Gasteiger partial charge in [0, 0.05) is 57.0 Å². The molecule has 2 heterocycles. The Balaban J connectivity index is 1.41. The molecule has 0 bridgehead atoms. The average molecular weight is 418 g/mol. The molecule has 0 atom stereocenters. The molecule has 0 saturated carbocycles. The van der Waals surface area contributed by atoms with Crippen molar-refractivity contribution in [2.45, 2.75) is 31.6 Å². The summed E-state index contributed by atoms with van der Waals surface area (Å²) in [6, 6.07) is 9.15. The fourth-order valence-corrected chi connectivity index (χ4v) is 4.53. The van der Waals surface area contributed by atoms with Crippen molar-refractivity contribution in [3.8, 4) is 0 Å². The van der Waals surface area contributed by atoms with Crippen LogP contribution >= 0.6 is 0 Å². The molecule has 2 N–H and O–H groups in total. The molecule has 29 heavy (non-hydrogen) atoms. The lowest BCUT2D eigenvalue weighted by atomic mass is 10.1. The van der Waals surface area contributed by atoms with Crippen molar-refractivity contribution in [2.75, 3.05) is 37.6 Å². The van der Waals surface area contributed by atoms with Crippen molar-refractivity contribution in [1.29, 1.82) is 0 Å². The van der Waals surface area contributed by atoms with Crippen LogP contribution in [0.25, 0.3) is 0 Å². The van der Waals surface area contributed by atoms with Crippen molar-refractivity contribution >= 4 is 21.6 Å². The number of aryl methyl sites for hydroxylation is 2. The maximum Gasteiger partial charge on any atom is 0.240 e. The van der Waals surface area contributed by atoms with Crippen LogP contribution in [0.5, 0.6) is 0 Å². The number of nitrogens with one attached hydrogen (secondary N) is 2. The number of rotatable bonds is 7. The standard InChI is InChI=1S/C21H28N4O3S/c1-17-5-6-20(16-18(17)2)29(27,28)23-9-3-4-21(26)25-14-12-24(13-15-25)19-7-10-22-11-8-19/h5-8,10-11,16,23H,3-4,9,12-15H2,1-2H3/p+1. The quantitative estimate of drug-likeness (QED) is 0.693. The zero-order chi connectivity index (χ0) is 20.9. The summed E-state index contributed by atoms with van der Waals surface area (Å²) in [5.74, 6) is 0.0800. The van der Waals surface area contributed by atoms with Crippen molar-refractivity contribution in [2.24, 2.45) is 0 Å². The smallest absolute Gasteiger partial charge is 0.240 e. The van der Waals surface area contributed by atoms with Crippen LogP contribution in [0.3, 0.4) is 0 Å². The lowest BCUT2D eigenvalue weighted by Crippen LogP contribution is -2.48. The summed E-state index contributed by atoms with van der Waals surface area (Å²) in [4.78, 5) is 19.8. The van der Waals surface area contributed by atoms with E-state index in [0.29, 0.717) is 25.9 Å². The van der Waals surface area contributed by atoms with Crippen LogP contribution in [-0.4, -0.2) is 51.9 Å². The average Bonchev–Trinajstić information content (AvgIpc) is 2.73. The first-order valence-electron chi connectivity index (χ1n) is 9.92. The summed E-state index contributed by atoms with van der Waals surface area (Å²) in [5, 5.41) is 0. The fraction of sp³-hybridized carbons (Fsp3) is 0.429. The van der Waals surface area contributed by atoms with E-state index in [1.54, 1.807) is 18.2 Å². The van der Waals surface area contributed by atoms with Gasteiger partial charge >= 0.3 is 0 Å². The minimum absolute atomic E-state index is 0.0800. The van der Waals surface area contributed by atoms with Crippen LogP contribution in [0.1, 0.15) is 24.0 Å². The Morgan fingerprint density at radius 3 is 2.38 bits per heavy atom. The first kappa shape index (κ1) is 21.3. The molecular formula is C21H29N4O3S+. The summed E-state index contributed by atoms with van der Waals surface area (Å²) in [6.45, 7) is 7.06. The van der Waals surface area contributed by atoms with Gasteiger partial charge < -0.3 is 9.80 Å². The highest BCUT2D eigenvalue weighted by atomic mass is 32.2. The number of amides is 1. The number of hydrogen-bond donors (Lipinski definition) is 1. The number of anilines is 1. The lowest BCUT2D eigenvalue weighted by Gasteiger charge is -2.35. The number of aromatic nitrogens is 1. The Hall–Kier alpha value is -2.45. The van der Waals surface area contributed by atoms with E-state index in [0.717, 1.165) is 29.9 Å². The molecular weight excluding hydrogens is 388 g/mol. The van der Waals surface area contributed by atoms with E-state index >= 15 is 0 Å². The van der Waals surface area contributed by atoms with Gasteiger partial charge in [0.25, 0.3) is 0 Å². The Labute approximate surface area is 172 Å². The zero-order valence-corrected chi connectivity index (χ0v) is 17.8. The molecule has 7 nitrogen and oxygen atoms in total. The Morgan fingerprint density at radius 1 is 1.03 bits per heavy atom. The zero-order valence-electron chi connectivity index (χ0n) is 17.0. The molecule has 1 aromatic heterocycles. The number of nitrogens with zero attached hydrogens (tertiary/aromatic N) is 2. The van der Waals surface area contributed by atoms with Gasteiger partial charge in [0.2, 0.25) is 15.9 Å². The SMILES string of the molecule is Cc1ccc(S(=O)(=O)NCCCC(=O)N2CCN(c3cc[nH+]cc3)CC2)cc1C. The number of benzene rings is 1. The molecule has 8 heteroatoms. The summed E-state index contributed by atoms with van der Waals surface area (Å²) >= 11 is 0. The highest BCUT2D eigenvalue weighted by molar-refractivity contribution is 7.89. The molecule has 0 unspecified atom stereocenters. The second-order valence-electron chi connectivity index (χ2n) is 7.37. The first-order valence-corrected chi connectivity index (χ1v) is 11.4. The summed E-state index contributed by atoms with van der Waals surface area (Å²) < 4.78 is 27.4. The second kappa shape index (κ2) is 9.37. The molecule has 1 saturated heterocycles. The molecule has 1 fully saturated rings. The van der Waals surface area contributed by atoms with E-state index in [4.69, 9.17) is 0 Å². The van der Waals surface area contributed by atoms with Gasteiger partial charge in [0.15, 0.2) is 12.4 Å². The molecule has 1 aliphatic rings. The number of sulfonamides is 1. The fourth-order valence-electron chi connectivity index (χ4n) is 3.37. The van der Waals surface area contributed by atoms with Gasteiger partial charge in [-0.15, -0.1) is 0 Å². The van der Waals surface area contributed by atoms with Crippen LogP contribution in [0.15, 0.2) is 47.6 Å². The predicted octanol–water partition coefficient (Wildman–Crippen LogP) is 1.52. The molecule has 1 aliphatic heterocycles. The largest absolute Gasteiger partial charge is 0.368 e. The number of H-pyrrole nitrogens is 1. The number of pyridine rings is 1. The van der Waals surface area contributed by atoms with Crippen LogP contribution in [0.4, 0.5) is 5.69 Å². The van der Waals surface area contributed by atoms with Crippen molar-refractivity contribution < 1.29 is 18.2 Å². The third-order valence-electron chi connectivity index (χ3n) is 5.35. The van der Waals surface area contributed by atoms with Crippen LogP contribution in [0.2, 0.25) is 0 Å². The Bertz CT molecular complexity index is 940. The highest BCUT2D eigenvalue weighted by Crippen LogP contribution is 2.16. The summed E-state index contributed by atoms with van der Waals surface area (Å²) in [5.41, 5.74) is 3.15. The third kappa shape index (κ3) is 5.55. The molecule has 0 radical (unpaired) electrons. The van der Waals surface area contributed by atoms with E-state index in [1.165, 1.54) is 0 Å². The molecule has 1 amide bonds. The van der Waals surface area contributed by atoms with E-state index in [9.17, 15) is 13.2 Å². The number of piperazine rings is 1. The van der Waals surface area contributed by atoms with Crippen LogP contribution in [-0.2, 0) is 14.8 Å². The maximum absolute atomic E-state index is 12.4. The van der Waals surface area contributed by atoms with Gasteiger partial charge in [-0.25, -0.2) is 18.1 Å². The minimum Gasteiger partial charge on any atom is -0.368 e. The minimum atomic E-state index is -3.54. The van der Waals surface area contributed by atoms with E-state index in [1.807, 2.05) is 43.3 Å². The van der Waals surface area contributed by atoms with Gasteiger partial charge in [0.05, 0.1) is 4.90 Å². The molecule has 0 aliphatic carbocycles. The van der Waals surface area contributed by atoms with E-state index in [2.05, 4.69) is 14.6 Å². The van der Waals surface area contributed by atoms with E-state index in [-0.39, 0.29) is 17.3 Å². The van der Waals surface area contributed by atoms with Gasteiger partial charge in [-0.2, -0.15) is 0 Å². The van der Waals surface area contributed by atoms with E-state index < -0.39 is 10.0 Å². The number of hydrogen-bond acceptors (Lipinski definition) is 4. The van der Waals surface area contributed by atoms with Gasteiger partial charge in [-0.1, -0.05) is 6.07 Å². The number of carbonyl (C=O) groups is 1. The van der Waals surface area contributed by atoms with Gasteiger partial charge in [0.1, 0.15) is 0 Å². The van der Waals surface area contributed by atoms with Crippen molar-refractivity contribution in [3.63, 3.8) is 0 Å². The number of carbonyl (C=O) groups excluding carboxylic acids is 1. The van der Waals surface area contributed by atoms with Gasteiger partial charge in [-0.3, -0.25) is 4.79 Å². The molecule has 3 rings (SSSR count). The topological polar surface area (TPSA) is 83.9 Å². The molecule has 156 valence electrons. The monoisotopic (exact) mass is 417 g/mol. The van der Waals surface area contributed by atoms with Crippen molar-refractivity contribution in [1.82, 2.24) is 9.62 Å². The van der Waals surface area contributed by atoms with Crippen LogP contribution < -0.4 is 14.6 Å². The van der Waals surface area contributed by atoms with Crippen molar-refractivity contribution in [3.05, 3.63) is 53.9 Å². The normalized spacial score (nSPS) is 14.8. The Morgan fingerprint density at radius 2 is 1.72 bits per heavy atom. The summed E-state index contributed by atoms with van der Waals surface area (Å²) in [6.07, 6.45) is 4.62. The molecule has 1 aromatic carbocycles. The third-order valence-corrected chi connectivity index (χ3v) is 6.81. The predicted molar refractivity (Wildman–Crippen MR) is 112 cm³/mol. The molecule has 2 aromatic rings. The lowest BCUT2D eigenvalue weighted by molar-refractivity contribution is -0.377. The molecule has 0 spiro atoms. The highest BCUT2D eigenvalue weighted by Gasteiger charge is 2.21. The number of aromatic amines is 1.